The minimum absolute atomic E-state index is 0.0544. The predicted molar refractivity (Wildman–Crippen MR) is 104 cm³/mol. The first-order valence-electron chi connectivity index (χ1n) is 8.76. The lowest BCUT2D eigenvalue weighted by molar-refractivity contribution is -0.120. The molecule has 0 unspecified atom stereocenters. The number of benzene rings is 2. The molecule has 0 fully saturated rings. The van der Waals surface area contributed by atoms with Crippen LogP contribution in [0.1, 0.15) is 19.2 Å². The first-order chi connectivity index (χ1) is 12.7. The van der Waals surface area contributed by atoms with Crippen molar-refractivity contribution in [3.8, 4) is 5.75 Å². The van der Waals surface area contributed by atoms with Crippen LogP contribution in [-0.2, 0) is 17.8 Å². The first-order valence-corrected chi connectivity index (χ1v) is 9.14. The number of hydrogen-bond acceptors (Lipinski definition) is 3. The van der Waals surface area contributed by atoms with Crippen molar-refractivity contribution in [1.29, 1.82) is 0 Å². The predicted octanol–water partition coefficient (Wildman–Crippen LogP) is 3.84. The van der Waals surface area contributed by atoms with E-state index in [9.17, 15) is 4.79 Å². The molecule has 6 heteroatoms. The standard InChI is InChI=1S/C20H22ClN3O2/c1-2-20(25)22-12-11-19-23-17-5-3-4-6-18(17)24(19)13-14-26-16-9-7-15(21)8-10-16/h3-10H,2,11-14H2,1H3,(H,22,25). The summed E-state index contributed by atoms with van der Waals surface area (Å²) in [5.41, 5.74) is 2.03. The average molecular weight is 372 g/mol. The second kappa shape index (κ2) is 8.72. The molecule has 0 aliphatic heterocycles. The number of carbonyl (C=O) groups excluding carboxylic acids is 1. The molecular formula is C20H22ClN3O2. The molecular weight excluding hydrogens is 350 g/mol. The van der Waals surface area contributed by atoms with E-state index in [1.165, 1.54) is 0 Å². The number of fused-ring (bicyclic) bond motifs is 1. The zero-order valence-corrected chi connectivity index (χ0v) is 15.5. The number of carbonyl (C=O) groups is 1. The summed E-state index contributed by atoms with van der Waals surface area (Å²) >= 11 is 5.90. The van der Waals surface area contributed by atoms with Crippen molar-refractivity contribution in [3.63, 3.8) is 0 Å². The summed E-state index contributed by atoms with van der Waals surface area (Å²) < 4.78 is 7.98. The van der Waals surface area contributed by atoms with Crippen molar-refractivity contribution in [1.82, 2.24) is 14.9 Å². The van der Waals surface area contributed by atoms with Crippen molar-refractivity contribution in [2.24, 2.45) is 0 Å². The summed E-state index contributed by atoms with van der Waals surface area (Å²) in [6, 6.07) is 15.4. The second-order valence-corrected chi connectivity index (χ2v) is 6.36. The lowest BCUT2D eigenvalue weighted by Gasteiger charge is -2.11. The number of ether oxygens (including phenoxy) is 1. The van der Waals surface area contributed by atoms with Gasteiger partial charge in [0.15, 0.2) is 0 Å². The molecule has 136 valence electrons. The van der Waals surface area contributed by atoms with E-state index in [1.54, 1.807) is 0 Å². The average Bonchev–Trinajstić information content (AvgIpc) is 3.01. The maximum Gasteiger partial charge on any atom is 0.219 e. The van der Waals surface area contributed by atoms with E-state index in [-0.39, 0.29) is 5.91 Å². The summed E-state index contributed by atoms with van der Waals surface area (Å²) in [6.07, 6.45) is 1.17. The molecule has 1 aromatic heterocycles. The maximum atomic E-state index is 11.4. The second-order valence-electron chi connectivity index (χ2n) is 5.92. The van der Waals surface area contributed by atoms with Crippen LogP contribution in [0, 0.1) is 0 Å². The van der Waals surface area contributed by atoms with Crippen LogP contribution >= 0.6 is 11.6 Å². The summed E-state index contributed by atoms with van der Waals surface area (Å²) in [6.45, 7) is 3.63. The number of rotatable bonds is 8. The van der Waals surface area contributed by atoms with Crippen molar-refractivity contribution in [2.75, 3.05) is 13.2 Å². The number of nitrogens with zero attached hydrogens (tertiary/aromatic N) is 2. The molecule has 0 aliphatic carbocycles. The van der Waals surface area contributed by atoms with Gasteiger partial charge >= 0.3 is 0 Å². The van der Waals surface area contributed by atoms with E-state index in [2.05, 4.69) is 16.0 Å². The first kappa shape index (κ1) is 18.3. The zero-order chi connectivity index (χ0) is 18.4. The Morgan fingerprint density at radius 3 is 2.73 bits per heavy atom. The Labute approximate surface area is 157 Å². The highest BCUT2D eigenvalue weighted by Gasteiger charge is 2.10. The Morgan fingerprint density at radius 1 is 1.19 bits per heavy atom. The lowest BCUT2D eigenvalue weighted by atomic mass is 10.3. The van der Waals surface area contributed by atoms with Crippen LogP contribution in [0.3, 0.4) is 0 Å². The van der Waals surface area contributed by atoms with E-state index in [0.29, 0.717) is 37.6 Å². The molecule has 26 heavy (non-hydrogen) atoms. The maximum absolute atomic E-state index is 11.4. The molecule has 3 rings (SSSR count). The minimum Gasteiger partial charge on any atom is -0.492 e. The van der Waals surface area contributed by atoms with E-state index in [4.69, 9.17) is 21.3 Å². The van der Waals surface area contributed by atoms with E-state index in [1.807, 2.05) is 49.4 Å². The van der Waals surface area contributed by atoms with Gasteiger partial charge in [0.25, 0.3) is 0 Å². The monoisotopic (exact) mass is 371 g/mol. The highest BCUT2D eigenvalue weighted by molar-refractivity contribution is 6.30. The molecule has 0 saturated carbocycles. The Bertz CT molecular complexity index is 874. The Kier molecular flexibility index (Phi) is 6.12. The van der Waals surface area contributed by atoms with Gasteiger partial charge in [-0.1, -0.05) is 30.7 Å². The molecule has 0 atom stereocenters. The van der Waals surface area contributed by atoms with Crippen LogP contribution < -0.4 is 10.1 Å². The van der Waals surface area contributed by atoms with Crippen LogP contribution in [0.2, 0.25) is 5.02 Å². The van der Waals surface area contributed by atoms with Crippen molar-refractivity contribution in [2.45, 2.75) is 26.3 Å². The fourth-order valence-electron chi connectivity index (χ4n) is 2.79. The molecule has 0 spiro atoms. The van der Waals surface area contributed by atoms with Gasteiger partial charge in [0.2, 0.25) is 5.91 Å². The third kappa shape index (κ3) is 4.55. The topological polar surface area (TPSA) is 56.2 Å². The highest BCUT2D eigenvalue weighted by Crippen LogP contribution is 2.18. The smallest absolute Gasteiger partial charge is 0.219 e. The van der Waals surface area contributed by atoms with Crippen molar-refractivity contribution >= 4 is 28.5 Å². The summed E-state index contributed by atoms with van der Waals surface area (Å²) in [7, 11) is 0. The Morgan fingerprint density at radius 2 is 1.96 bits per heavy atom. The normalized spacial score (nSPS) is 10.8. The zero-order valence-electron chi connectivity index (χ0n) is 14.7. The van der Waals surface area contributed by atoms with E-state index < -0.39 is 0 Å². The van der Waals surface area contributed by atoms with Crippen LogP contribution in [0.4, 0.5) is 0 Å². The summed E-state index contributed by atoms with van der Waals surface area (Å²) in [4.78, 5) is 16.2. The summed E-state index contributed by atoms with van der Waals surface area (Å²) in [5.74, 6) is 1.79. The number of amides is 1. The van der Waals surface area contributed by atoms with Gasteiger partial charge in [-0.25, -0.2) is 4.98 Å². The van der Waals surface area contributed by atoms with Crippen LogP contribution in [-0.4, -0.2) is 28.6 Å². The third-order valence-electron chi connectivity index (χ3n) is 4.12. The molecule has 1 N–H and O–H groups in total. The van der Waals surface area contributed by atoms with Crippen LogP contribution in [0.25, 0.3) is 11.0 Å². The van der Waals surface area contributed by atoms with Gasteiger partial charge in [0.1, 0.15) is 18.2 Å². The quantitative estimate of drug-likeness (QED) is 0.654. The number of halogens is 1. The van der Waals surface area contributed by atoms with Crippen molar-refractivity contribution < 1.29 is 9.53 Å². The molecule has 0 saturated heterocycles. The van der Waals surface area contributed by atoms with E-state index >= 15 is 0 Å². The molecule has 2 aromatic carbocycles. The highest BCUT2D eigenvalue weighted by atomic mass is 35.5. The number of aromatic nitrogens is 2. The van der Waals surface area contributed by atoms with Gasteiger partial charge in [-0.3, -0.25) is 4.79 Å². The van der Waals surface area contributed by atoms with Gasteiger partial charge in [-0.15, -0.1) is 0 Å². The lowest BCUT2D eigenvalue weighted by Crippen LogP contribution is -2.25. The fraction of sp³-hybridized carbons (Fsp3) is 0.300. The van der Waals surface area contributed by atoms with E-state index in [0.717, 1.165) is 22.6 Å². The molecule has 0 aliphatic rings. The van der Waals surface area contributed by atoms with Crippen LogP contribution in [0.15, 0.2) is 48.5 Å². The van der Waals surface area contributed by atoms with Gasteiger partial charge < -0.3 is 14.6 Å². The fourth-order valence-corrected chi connectivity index (χ4v) is 2.92. The third-order valence-corrected chi connectivity index (χ3v) is 4.37. The van der Waals surface area contributed by atoms with Gasteiger partial charge in [0, 0.05) is 24.4 Å². The Hall–Kier alpha value is -2.53. The Balaban J connectivity index is 1.69. The SMILES string of the molecule is CCC(=O)NCCc1nc2ccccc2n1CCOc1ccc(Cl)cc1. The minimum atomic E-state index is 0.0544. The number of nitrogens with one attached hydrogen (secondary N) is 1. The van der Waals surface area contributed by atoms with Gasteiger partial charge in [-0.05, 0) is 36.4 Å². The van der Waals surface area contributed by atoms with Crippen molar-refractivity contribution in [3.05, 3.63) is 59.4 Å². The molecule has 3 aromatic rings. The number of hydrogen-bond donors (Lipinski definition) is 1. The summed E-state index contributed by atoms with van der Waals surface area (Å²) in [5, 5.41) is 3.59. The molecule has 5 nitrogen and oxygen atoms in total. The molecule has 0 bridgehead atoms. The molecule has 0 radical (unpaired) electrons. The van der Waals surface area contributed by atoms with Crippen LogP contribution in [0.5, 0.6) is 5.75 Å². The number of para-hydroxylation sites is 2. The van der Waals surface area contributed by atoms with Gasteiger partial charge in [-0.2, -0.15) is 0 Å². The number of imidazole rings is 1. The molecule has 1 heterocycles. The largest absolute Gasteiger partial charge is 0.492 e. The molecule has 1 amide bonds. The van der Waals surface area contributed by atoms with Gasteiger partial charge in [0.05, 0.1) is 17.6 Å².